The van der Waals surface area contributed by atoms with Crippen LogP contribution in [0.15, 0.2) is 12.1 Å². The Morgan fingerprint density at radius 3 is 2.43 bits per heavy atom. The number of benzene rings is 1. The number of carboxylic acid groups (broad SMARTS) is 1. The average Bonchev–Trinajstić information content (AvgIpc) is 2.50. The zero-order valence-electron chi connectivity index (χ0n) is 14.1. The fraction of sp³-hybridized carbons (Fsp3) is 0.556. The molecule has 1 aromatic rings. The third kappa shape index (κ3) is 3.84. The second-order valence-corrected chi connectivity index (χ2v) is 6.44. The number of aryl methyl sites for hydroxylation is 2. The molecule has 1 aliphatic carbocycles. The van der Waals surface area contributed by atoms with Gasteiger partial charge in [0.25, 0.3) is 0 Å². The van der Waals surface area contributed by atoms with E-state index >= 15 is 0 Å². The Bertz CT molecular complexity index is 603. The number of amides is 1. The third-order valence-corrected chi connectivity index (χ3v) is 4.63. The summed E-state index contributed by atoms with van der Waals surface area (Å²) in [6.07, 6.45) is 3.81. The molecule has 0 heterocycles. The molecule has 0 aromatic heterocycles. The lowest BCUT2D eigenvalue weighted by Crippen LogP contribution is -2.56. The summed E-state index contributed by atoms with van der Waals surface area (Å²) in [5.74, 6) is -0.525. The van der Waals surface area contributed by atoms with Crippen molar-refractivity contribution in [3.8, 4) is 5.75 Å². The van der Waals surface area contributed by atoms with Crippen LogP contribution in [-0.2, 0) is 16.0 Å². The molecule has 126 valence electrons. The third-order valence-electron chi connectivity index (χ3n) is 4.63. The van der Waals surface area contributed by atoms with Crippen molar-refractivity contribution in [2.75, 3.05) is 7.11 Å². The van der Waals surface area contributed by atoms with E-state index in [1.807, 2.05) is 26.0 Å². The lowest BCUT2D eigenvalue weighted by Gasteiger charge is -2.34. The largest absolute Gasteiger partial charge is 0.496 e. The van der Waals surface area contributed by atoms with E-state index in [0.717, 1.165) is 36.0 Å². The van der Waals surface area contributed by atoms with Crippen molar-refractivity contribution < 1.29 is 19.4 Å². The van der Waals surface area contributed by atoms with Gasteiger partial charge in [0.05, 0.1) is 13.5 Å². The van der Waals surface area contributed by atoms with Gasteiger partial charge in [-0.05, 0) is 43.9 Å². The minimum absolute atomic E-state index is 0.129. The number of hydrogen-bond acceptors (Lipinski definition) is 3. The van der Waals surface area contributed by atoms with Crippen LogP contribution < -0.4 is 10.1 Å². The van der Waals surface area contributed by atoms with Crippen LogP contribution in [0.3, 0.4) is 0 Å². The maximum Gasteiger partial charge on any atom is 0.329 e. The molecule has 0 aliphatic heterocycles. The van der Waals surface area contributed by atoms with Crippen LogP contribution in [0.4, 0.5) is 0 Å². The van der Waals surface area contributed by atoms with Crippen LogP contribution in [0.2, 0.25) is 0 Å². The molecule has 0 spiro atoms. The summed E-state index contributed by atoms with van der Waals surface area (Å²) >= 11 is 0. The molecule has 1 aromatic carbocycles. The summed E-state index contributed by atoms with van der Waals surface area (Å²) in [5.41, 5.74) is 1.75. The van der Waals surface area contributed by atoms with Crippen molar-refractivity contribution in [3.63, 3.8) is 0 Å². The molecule has 0 unspecified atom stereocenters. The van der Waals surface area contributed by atoms with Gasteiger partial charge in [0.15, 0.2) is 0 Å². The first-order valence-electron chi connectivity index (χ1n) is 8.06. The maximum atomic E-state index is 12.5. The Balaban J connectivity index is 2.17. The highest BCUT2D eigenvalue weighted by molar-refractivity contribution is 5.88. The number of nitrogens with one attached hydrogen (secondary N) is 1. The normalized spacial score (nSPS) is 16.7. The van der Waals surface area contributed by atoms with E-state index in [9.17, 15) is 14.7 Å². The smallest absolute Gasteiger partial charge is 0.329 e. The summed E-state index contributed by atoms with van der Waals surface area (Å²) < 4.78 is 5.37. The van der Waals surface area contributed by atoms with E-state index in [-0.39, 0.29) is 12.3 Å². The van der Waals surface area contributed by atoms with Crippen molar-refractivity contribution >= 4 is 11.9 Å². The SMILES string of the molecule is COc1cc(C)cc(C)c1CC(=O)NC1(C(=O)O)CCCCC1. The standard InChI is InChI=1S/C18H25NO4/c1-12-9-13(2)14(15(10-12)23-3)11-16(20)19-18(17(21)22)7-5-4-6-8-18/h9-10H,4-8,11H2,1-3H3,(H,19,20)(H,21,22). The molecule has 1 saturated carbocycles. The van der Waals surface area contributed by atoms with Crippen molar-refractivity contribution in [1.82, 2.24) is 5.32 Å². The van der Waals surface area contributed by atoms with Crippen molar-refractivity contribution in [2.24, 2.45) is 0 Å². The molecule has 0 saturated heterocycles. The first kappa shape index (κ1) is 17.3. The highest BCUT2D eigenvalue weighted by Gasteiger charge is 2.40. The zero-order chi connectivity index (χ0) is 17.0. The molecule has 5 heteroatoms. The molecule has 23 heavy (non-hydrogen) atoms. The second kappa shape index (κ2) is 7.02. The highest BCUT2D eigenvalue weighted by atomic mass is 16.5. The Kier molecular flexibility index (Phi) is 5.29. The second-order valence-electron chi connectivity index (χ2n) is 6.44. The minimum atomic E-state index is -1.11. The van der Waals surface area contributed by atoms with E-state index in [2.05, 4.69) is 5.32 Å². The summed E-state index contributed by atoms with van der Waals surface area (Å²) in [7, 11) is 1.58. The molecule has 1 fully saturated rings. The molecule has 1 aliphatic rings. The molecular weight excluding hydrogens is 294 g/mol. The van der Waals surface area contributed by atoms with E-state index in [1.165, 1.54) is 0 Å². The average molecular weight is 319 g/mol. The number of ether oxygens (including phenoxy) is 1. The number of methoxy groups -OCH3 is 1. The lowest BCUT2D eigenvalue weighted by atomic mass is 9.81. The van der Waals surface area contributed by atoms with Gasteiger partial charge in [0.1, 0.15) is 11.3 Å². The maximum absolute atomic E-state index is 12.5. The van der Waals surface area contributed by atoms with Gasteiger partial charge in [-0.2, -0.15) is 0 Å². The summed E-state index contributed by atoms with van der Waals surface area (Å²) in [6, 6.07) is 3.89. The monoisotopic (exact) mass is 319 g/mol. The molecular formula is C18H25NO4. The highest BCUT2D eigenvalue weighted by Crippen LogP contribution is 2.29. The summed E-state index contributed by atoms with van der Waals surface area (Å²) in [5, 5.41) is 12.3. The van der Waals surface area contributed by atoms with Gasteiger partial charge in [-0.3, -0.25) is 4.79 Å². The number of carbonyl (C=O) groups excluding carboxylic acids is 1. The van der Waals surface area contributed by atoms with E-state index in [4.69, 9.17) is 4.74 Å². The fourth-order valence-corrected chi connectivity index (χ4v) is 3.39. The molecule has 2 N–H and O–H groups in total. The van der Waals surface area contributed by atoms with Crippen LogP contribution in [0.25, 0.3) is 0 Å². The van der Waals surface area contributed by atoms with Gasteiger partial charge in [0.2, 0.25) is 5.91 Å². The number of aliphatic carboxylic acids is 1. The van der Waals surface area contributed by atoms with Crippen molar-refractivity contribution in [3.05, 3.63) is 28.8 Å². The Hall–Kier alpha value is -2.04. The number of rotatable bonds is 5. The van der Waals surface area contributed by atoms with Crippen LogP contribution in [0.5, 0.6) is 5.75 Å². The van der Waals surface area contributed by atoms with E-state index in [0.29, 0.717) is 18.6 Å². The predicted octanol–water partition coefficient (Wildman–Crippen LogP) is 2.76. The Morgan fingerprint density at radius 2 is 1.87 bits per heavy atom. The summed E-state index contributed by atoms with van der Waals surface area (Å²) in [6.45, 7) is 3.91. The van der Waals surface area contributed by atoms with E-state index < -0.39 is 11.5 Å². The van der Waals surface area contributed by atoms with Crippen LogP contribution >= 0.6 is 0 Å². The molecule has 0 bridgehead atoms. The van der Waals surface area contributed by atoms with Crippen LogP contribution in [0.1, 0.15) is 48.8 Å². The van der Waals surface area contributed by atoms with Gasteiger partial charge < -0.3 is 15.2 Å². The predicted molar refractivity (Wildman–Crippen MR) is 87.8 cm³/mol. The van der Waals surface area contributed by atoms with E-state index in [1.54, 1.807) is 7.11 Å². The molecule has 5 nitrogen and oxygen atoms in total. The van der Waals surface area contributed by atoms with Gasteiger partial charge in [0, 0.05) is 5.56 Å². The molecule has 1 amide bonds. The van der Waals surface area contributed by atoms with Crippen molar-refractivity contribution in [2.45, 2.75) is 57.9 Å². The Morgan fingerprint density at radius 1 is 1.22 bits per heavy atom. The van der Waals surface area contributed by atoms with Crippen LogP contribution in [-0.4, -0.2) is 29.6 Å². The van der Waals surface area contributed by atoms with Gasteiger partial charge in [-0.1, -0.05) is 25.3 Å². The number of carboxylic acids is 1. The molecule has 0 radical (unpaired) electrons. The quantitative estimate of drug-likeness (QED) is 0.875. The molecule has 0 atom stereocenters. The first-order chi connectivity index (χ1) is 10.9. The Labute approximate surface area is 137 Å². The van der Waals surface area contributed by atoms with Gasteiger partial charge in [-0.15, -0.1) is 0 Å². The fourth-order valence-electron chi connectivity index (χ4n) is 3.39. The topological polar surface area (TPSA) is 75.6 Å². The zero-order valence-corrected chi connectivity index (χ0v) is 14.1. The van der Waals surface area contributed by atoms with Gasteiger partial charge >= 0.3 is 5.97 Å². The summed E-state index contributed by atoms with van der Waals surface area (Å²) in [4.78, 5) is 24.1. The first-order valence-corrected chi connectivity index (χ1v) is 8.06. The molecule has 2 rings (SSSR count). The van der Waals surface area contributed by atoms with Crippen LogP contribution in [0, 0.1) is 13.8 Å². The van der Waals surface area contributed by atoms with Crippen molar-refractivity contribution in [1.29, 1.82) is 0 Å². The number of hydrogen-bond donors (Lipinski definition) is 2. The number of carbonyl (C=O) groups is 2. The lowest BCUT2D eigenvalue weighted by molar-refractivity contribution is -0.149. The minimum Gasteiger partial charge on any atom is -0.496 e. The van der Waals surface area contributed by atoms with Gasteiger partial charge in [-0.25, -0.2) is 4.79 Å².